The molecule has 1 N–H and O–H groups in total. The van der Waals surface area contributed by atoms with E-state index in [2.05, 4.69) is 20.6 Å². The topological polar surface area (TPSA) is 28.2 Å². The summed E-state index contributed by atoms with van der Waals surface area (Å²) in [5.74, 6) is 0. The van der Waals surface area contributed by atoms with Crippen molar-refractivity contribution in [2.75, 3.05) is 13.1 Å². The molecule has 1 aromatic heterocycles. The zero-order chi connectivity index (χ0) is 10.1. The molecule has 2 aliphatic rings. The highest BCUT2D eigenvalue weighted by molar-refractivity contribution is 7.09. The molecule has 2 heterocycles. The quantitative estimate of drug-likeness (QED) is 0.895. The first kappa shape index (κ1) is 12.3. The van der Waals surface area contributed by atoms with E-state index in [1.165, 1.54) is 37.4 Å². The Kier molecular flexibility index (Phi) is 4.19. The second-order valence-corrected chi connectivity index (χ2v) is 5.46. The maximum absolute atomic E-state index is 4.39. The molecule has 90 valence electrons. The van der Waals surface area contributed by atoms with E-state index in [0.717, 1.165) is 18.6 Å². The van der Waals surface area contributed by atoms with Crippen molar-refractivity contribution in [3.05, 3.63) is 16.6 Å². The fraction of sp³-hybridized carbons (Fsp3) is 0.727. The van der Waals surface area contributed by atoms with Gasteiger partial charge < -0.3 is 5.32 Å². The number of hydrogen-bond acceptors (Lipinski definition) is 4. The van der Waals surface area contributed by atoms with Crippen LogP contribution in [-0.4, -0.2) is 35.1 Å². The third-order valence-corrected chi connectivity index (χ3v) is 4.08. The molecule has 16 heavy (non-hydrogen) atoms. The number of hydrogen-bond donors (Lipinski definition) is 1. The van der Waals surface area contributed by atoms with E-state index < -0.39 is 0 Å². The predicted molar refractivity (Wildman–Crippen MR) is 69.2 cm³/mol. The van der Waals surface area contributed by atoms with Gasteiger partial charge in [-0.3, -0.25) is 4.90 Å². The molecular weight excluding hydrogens is 242 g/mol. The Morgan fingerprint density at radius 3 is 2.81 bits per heavy atom. The molecule has 1 aliphatic carbocycles. The van der Waals surface area contributed by atoms with Crippen molar-refractivity contribution in [3.63, 3.8) is 0 Å². The summed E-state index contributed by atoms with van der Waals surface area (Å²) in [5.41, 5.74) is 0. The van der Waals surface area contributed by atoms with Crippen LogP contribution in [0.2, 0.25) is 0 Å². The number of rotatable bonds is 4. The highest BCUT2D eigenvalue weighted by atomic mass is 35.5. The van der Waals surface area contributed by atoms with Crippen LogP contribution in [0.15, 0.2) is 11.6 Å². The SMILES string of the molecule is Cl.c1csc(CN(C2CC2)C2CCNC2)n1. The smallest absolute Gasteiger partial charge is 0.107 e. The van der Waals surface area contributed by atoms with Crippen LogP contribution in [0, 0.1) is 0 Å². The Bertz CT molecular complexity index is 307. The Morgan fingerprint density at radius 2 is 2.25 bits per heavy atom. The summed E-state index contributed by atoms with van der Waals surface area (Å²) in [6.45, 7) is 3.42. The van der Waals surface area contributed by atoms with Crippen LogP contribution >= 0.6 is 23.7 Å². The van der Waals surface area contributed by atoms with Crippen LogP contribution in [0.5, 0.6) is 0 Å². The van der Waals surface area contributed by atoms with Crippen LogP contribution in [0.3, 0.4) is 0 Å². The number of nitrogens with one attached hydrogen (secondary N) is 1. The molecule has 2 fully saturated rings. The van der Waals surface area contributed by atoms with E-state index in [4.69, 9.17) is 0 Å². The molecule has 1 unspecified atom stereocenters. The summed E-state index contributed by atoms with van der Waals surface area (Å²) >= 11 is 1.78. The lowest BCUT2D eigenvalue weighted by atomic mass is 10.2. The number of halogens is 1. The van der Waals surface area contributed by atoms with Crippen molar-refractivity contribution in [2.24, 2.45) is 0 Å². The first-order valence-electron chi connectivity index (χ1n) is 5.78. The Labute approximate surface area is 107 Å². The molecule has 1 saturated carbocycles. The summed E-state index contributed by atoms with van der Waals surface area (Å²) in [6.07, 6.45) is 6.00. The predicted octanol–water partition coefficient (Wildman–Crippen LogP) is 1.89. The molecule has 5 heteroatoms. The Hall–Kier alpha value is -0.160. The zero-order valence-corrected chi connectivity index (χ0v) is 10.9. The monoisotopic (exact) mass is 259 g/mol. The molecule has 0 spiro atoms. The third kappa shape index (κ3) is 2.74. The third-order valence-electron chi connectivity index (χ3n) is 3.32. The highest BCUT2D eigenvalue weighted by Gasteiger charge is 2.35. The molecule has 1 aliphatic heterocycles. The molecule has 0 amide bonds. The lowest BCUT2D eigenvalue weighted by Gasteiger charge is -2.27. The summed E-state index contributed by atoms with van der Waals surface area (Å²) in [7, 11) is 0. The number of thiazole rings is 1. The Balaban J connectivity index is 0.000000963. The molecule has 1 saturated heterocycles. The van der Waals surface area contributed by atoms with Crippen molar-refractivity contribution in [3.8, 4) is 0 Å². The molecule has 1 atom stereocenters. The van der Waals surface area contributed by atoms with E-state index in [1.807, 2.05) is 6.20 Å². The van der Waals surface area contributed by atoms with Crippen LogP contribution in [0.1, 0.15) is 24.3 Å². The van der Waals surface area contributed by atoms with Gasteiger partial charge in [-0.05, 0) is 25.8 Å². The van der Waals surface area contributed by atoms with Gasteiger partial charge in [0.25, 0.3) is 0 Å². The summed E-state index contributed by atoms with van der Waals surface area (Å²) in [5, 5.41) is 6.81. The number of aromatic nitrogens is 1. The minimum Gasteiger partial charge on any atom is -0.315 e. The van der Waals surface area contributed by atoms with Crippen molar-refractivity contribution < 1.29 is 0 Å². The standard InChI is InChI=1S/C11H17N3S.ClH/c1-2-9(1)14(10-3-4-12-7-10)8-11-13-5-6-15-11;/h5-6,9-10,12H,1-4,7-8H2;1H. The number of nitrogens with zero attached hydrogens (tertiary/aromatic N) is 2. The lowest BCUT2D eigenvalue weighted by Crippen LogP contribution is -2.38. The summed E-state index contributed by atoms with van der Waals surface area (Å²) in [4.78, 5) is 7.06. The molecule has 0 bridgehead atoms. The van der Waals surface area contributed by atoms with Gasteiger partial charge >= 0.3 is 0 Å². The minimum absolute atomic E-state index is 0. The van der Waals surface area contributed by atoms with Gasteiger partial charge in [-0.2, -0.15) is 0 Å². The maximum atomic E-state index is 4.39. The lowest BCUT2D eigenvalue weighted by molar-refractivity contribution is 0.188. The van der Waals surface area contributed by atoms with E-state index in [1.54, 1.807) is 11.3 Å². The first-order valence-corrected chi connectivity index (χ1v) is 6.66. The van der Waals surface area contributed by atoms with Gasteiger partial charge in [0.15, 0.2) is 0 Å². The van der Waals surface area contributed by atoms with Crippen molar-refractivity contribution >= 4 is 23.7 Å². The van der Waals surface area contributed by atoms with Crippen LogP contribution < -0.4 is 5.32 Å². The van der Waals surface area contributed by atoms with E-state index >= 15 is 0 Å². The van der Waals surface area contributed by atoms with Crippen LogP contribution in [-0.2, 0) is 6.54 Å². The molecular formula is C11H18ClN3S. The molecule has 0 aromatic carbocycles. The van der Waals surface area contributed by atoms with Gasteiger partial charge in [-0.1, -0.05) is 0 Å². The van der Waals surface area contributed by atoms with E-state index in [-0.39, 0.29) is 12.4 Å². The van der Waals surface area contributed by atoms with Gasteiger partial charge in [-0.15, -0.1) is 23.7 Å². The average molecular weight is 260 g/mol. The molecule has 3 rings (SSSR count). The van der Waals surface area contributed by atoms with Crippen molar-refractivity contribution in [1.82, 2.24) is 15.2 Å². The van der Waals surface area contributed by atoms with Gasteiger partial charge in [0.1, 0.15) is 5.01 Å². The largest absolute Gasteiger partial charge is 0.315 e. The van der Waals surface area contributed by atoms with E-state index in [0.29, 0.717) is 0 Å². The van der Waals surface area contributed by atoms with Gasteiger partial charge in [0, 0.05) is 30.2 Å². The van der Waals surface area contributed by atoms with Crippen molar-refractivity contribution in [2.45, 2.75) is 37.9 Å². The minimum atomic E-state index is 0. The Morgan fingerprint density at radius 1 is 1.38 bits per heavy atom. The summed E-state index contributed by atoms with van der Waals surface area (Å²) in [6, 6.07) is 1.60. The van der Waals surface area contributed by atoms with E-state index in [9.17, 15) is 0 Å². The van der Waals surface area contributed by atoms with Crippen molar-refractivity contribution in [1.29, 1.82) is 0 Å². The fourth-order valence-corrected chi connectivity index (χ4v) is 3.00. The second kappa shape index (κ2) is 5.45. The zero-order valence-electron chi connectivity index (χ0n) is 9.26. The molecule has 1 aromatic rings. The van der Waals surface area contributed by atoms with Gasteiger partial charge in [0.05, 0.1) is 6.54 Å². The fourth-order valence-electron chi connectivity index (χ4n) is 2.37. The maximum Gasteiger partial charge on any atom is 0.107 e. The molecule has 3 nitrogen and oxygen atoms in total. The van der Waals surface area contributed by atoms with Gasteiger partial charge in [0.2, 0.25) is 0 Å². The average Bonchev–Trinajstić information content (AvgIpc) is 2.78. The highest BCUT2D eigenvalue weighted by Crippen LogP contribution is 2.31. The van der Waals surface area contributed by atoms with Crippen LogP contribution in [0.25, 0.3) is 0 Å². The van der Waals surface area contributed by atoms with Gasteiger partial charge in [-0.25, -0.2) is 4.98 Å². The first-order chi connectivity index (χ1) is 7.43. The van der Waals surface area contributed by atoms with Crippen LogP contribution in [0.4, 0.5) is 0 Å². The molecule has 0 radical (unpaired) electrons. The summed E-state index contributed by atoms with van der Waals surface area (Å²) < 4.78 is 0. The normalized spacial score (nSPS) is 24.7. The second-order valence-electron chi connectivity index (χ2n) is 4.48.